The van der Waals surface area contributed by atoms with Gasteiger partial charge in [0, 0.05) is 11.2 Å². The topological polar surface area (TPSA) is 12.0 Å². The van der Waals surface area contributed by atoms with E-state index in [4.69, 9.17) is 11.6 Å². The minimum Gasteiger partial charge on any atom is -0.368 e. The predicted molar refractivity (Wildman–Crippen MR) is 81.4 cm³/mol. The van der Waals surface area contributed by atoms with Crippen LogP contribution in [0.5, 0.6) is 0 Å². The van der Waals surface area contributed by atoms with Crippen molar-refractivity contribution >= 4 is 11.6 Å². The summed E-state index contributed by atoms with van der Waals surface area (Å²) in [6.45, 7) is 8.10. The van der Waals surface area contributed by atoms with Crippen molar-refractivity contribution in [3.8, 4) is 0 Å². The summed E-state index contributed by atoms with van der Waals surface area (Å²) in [4.78, 5) is 0. The van der Waals surface area contributed by atoms with Crippen molar-refractivity contribution in [3.63, 3.8) is 0 Å². The Kier molecular flexibility index (Phi) is 7.19. The zero-order chi connectivity index (χ0) is 13.4. The van der Waals surface area contributed by atoms with E-state index in [2.05, 4.69) is 31.8 Å². The highest BCUT2D eigenvalue weighted by Gasteiger charge is 2.20. The zero-order valence-electron chi connectivity index (χ0n) is 11.7. The van der Waals surface area contributed by atoms with Crippen LogP contribution in [0.3, 0.4) is 0 Å². The van der Waals surface area contributed by atoms with Gasteiger partial charge in [0.25, 0.3) is 0 Å². The smallest absolute Gasteiger partial charge is 0.0418 e. The average Bonchev–Trinajstić information content (AvgIpc) is 2.40. The van der Waals surface area contributed by atoms with E-state index in [0.717, 1.165) is 11.5 Å². The van der Waals surface area contributed by atoms with Crippen molar-refractivity contribution in [2.75, 3.05) is 0 Å². The minimum absolute atomic E-state index is 0.535. The molecule has 2 heteroatoms. The fraction of sp³-hybridized carbons (Fsp3) is 0.625. The molecule has 18 heavy (non-hydrogen) atoms. The van der Waals surface area contributed by atoms with Crippen molar-refractivity contribution in [2.24, 2.45) is 11.8 Å². The summed E-state index contributed by atoms with van der Waals surface area (Å²) in [7, 11) is 0. The van der Waals surface area contributed by atoms with E-state index < -0.39 is 0 Å². The summed E-state index contributed by atoms with van der Waals surface area (Å²) >= 11 is 6.51. The van der Waals surface area contributed by atoms with Gasteiger partial charge in [0.15, 0.2) is 0 Å². The van der Waals surface area contributed by atoms with Crippen molar-refractivity contribution in [1.82, 2.24) is 5.32 Å². The highest BCUT2D eigenvalue weighted by atomic mass is 35.5. The highest BCUT2D eigenvalue weighted by Crippen LogP contribution is 2.35. The molecule has 1 rings (SSSR count). The first-order chi connectivity index (χ1) is 8.69. The molecule has 1 nitrogen and oxygen atoms in total. The van der Waals surface area contributed by atoms with E-state index in [-0.39, 0.29) is 0 Å². The molecular formula is C16H26ClN. The van der Waals surface area contributed by atoms with Crippen LogP contribution >= 0.6 is 11.6 Å². The molecule has 1 N–H and O–H groups in total. The van der Waals surface area contributed by atoms with Crippen LogP contribution in [0.25, 0.3) is 0 Å². The maximum absolute atomic E-state index is 6.51. The fourth-order valence-electron chi connectivity index (χ4n) is 2.41. The molecule has 0 radical (unpaired) electrons. The maximum Gasteiger partial charge on any atom is 0.0418 e. The van der Waals surface area contributed by atoms with Gasteiger partial charge in [-0.05, 0) is 36.5 Å². The standard InChI is InChI=1S/C16H26ClN/c1-4-13(3)11-16(17)15(12-18-5-2)14-9-7-6-8-10-14/h5,11-14,18H,2,4,6-10H2,1,3H3/b15-12-,16-11+. The Morgan fingerprint density at radius 3 is 2.61 bits per heavy atom. The van der Waals surface area contributed by atoms with Crippen LogP contribution in [0.1, 0.15) is 52.4 Å². The molecule has 0 aromatic carbocycles. The molecular weight excluding hydrogens is 242 g/mol. The quantitative estimate of drug-likeness (QED) is 0.640. The molecule has 1 aliphatic carbocycles. The second-order valence-electron chi connectivity index (χ2n) is 5.21. The van der Waals surface area contributed by atoms with Gasteiger partial charge in [-0.1, -0.05) is 63.8 Å². The molecule has 1 fully saturated rings. The molecule has 0 bridgehead atoms. The molecule has 1 aliphatic rings. The van der Waals surface area contributed by atoms with Crippen LogP contribution in [0, 0.1) is 11.8 Å². The molecule has 0 heterocycles. The molecule has 1 atom stereocenters. The van der Waals surface area contributed by atoms with Gasteiger partial charge in [-0.3, -0.25) is 0 Å². The molecule has 1 unspecified atom stereocenters. The Morgan fingerprint density at radius 1 is 1.39 bits per heavy atom. The maximum atomic E-state index is 6.51. The lowest BCUT2D eigenvalue weighted by atomic mass is 9.83. The van der Waals surface area contributed by atoms with Crippen LogP contribution in [0.15, 0.2) is 35.7 Å². The van der Waals surface area contributed by atoms with Gasteiger partial charge in [-0.2, -0.15) is 0 Å². The zero-order valence-corrected chi connectivity index (χ0v) is 12.5. The van der Waals surface area contributed by atoms with E-state index in [1.54, 1.807) is 6.20 Å². The molecule has 0 aromatic heterocycles. The van der Waals surface area contributed by atoms with Crippen LogP contribution in [-0.2, 0) is 0 Å². The van der Waals surface area contributed by atoms with Crippen LogP contribution in [-0.4, -0.2) is 0 Å². The average molecular weight is 268 g/mol. The van der Waals surface area contributed by atoms with E-state index in [9.17, 15) is 0 Å². The van der Waals surface area contributed by atoms with Gasteiger partial charge in [0.2, 0.25) is 0 Å². The first-order valence-electron chi connectivity index (χ1n) is 7.13. The third-order valence-electron chi connectivity index (χ3n) is 3.75. The first-order valence-corrected chi connectivity index (χ1v) is 7.51. The number of allylic oxidation sites excluding steroid dienone is 3. The highest BCUT2D eigenvalue weighted by molar-refractivity contribution is 6.32. The Labute approximate surface area is 117 Å². The Morgan fingerprint density at radius 2 is 2.06 bits per heavy atom. The van der Waals surface area contributed by atoms with E-state index in [1.807, 2.05) is 6.20 Å². The summed E-state index contributed by atoms with van der Waals surface area (Å²) < 4.78 is 0. The molecule has 0 amide bonds. The third-order valence-corrected chi connectivity index (χ3v) is 4.10. The SMILES string of the molecule is C=CN/C=C(\C(Cl)=C/C(C)CC)C1CCCCC1. The molecule has 0 aliphatic heterocycles. The van der Waals surface area contributed by atoms with Gasteiger partial charge in [0.1, 0.15) is 0 Å². The predicted octanol–water partition coefficient (Wildman–Crippen LogP) is 5.35. The van der Waals surface area contributed by atoms with E-state index >= 15 is 0 Å². The normalized spacial score (nSPS) is 20.6. The van der Waals surface area contributed by atoms with Gasteiger partial charge >= 0.3 is 0 Å². The second kappa shape index (κ2) is 8.42. The van der Waals surface area contributed by atoms with Crippen molar-refractivity contribution in [1.29, 1.82) is 0 Å². The Balaban J connectivity index is 2.82. The van der Waals surface area contributed by atoms with E-state index in [0.29, 0.717) is 11.8 Å². The minimum atomic E-state index is 0.535. The Hall–Kier alpha value is -0.690. The number of nitrogens with one attached hydrogen (secondary N) is 1. The number of rotatable bonds is 6. The monoisotopic (exact) mass is 267 g/mol. The lowest BCUT2D eigenvalue weighted by Gasteiger charge is -2.24. The summed E-state index contributed by atoms with van der Waals surface area (Å²) in [5.74, 6) is 1.15. The largest absolute Gasteiger partial charge is 0.368 e. The third kappa shape index (κ3) is 4.89. The van der Waals surface area contributed by atoms with E-state index in [1.165, 1.54) is 37.7 Å². The Bertz CT molecular complexity index is 311. The van der Waals surface area contributed by atoms with Crippen molar-refractivity contribution < 1.29 is 0 Å². The lowest BCUT2D eigenvalue weighted by Crippen LogP contribution is -2.12. The fourth-order valence-corrected chi connectivity index (χ4v) is 2.83. The summed E-state index contributed by atoms with van der Waals surface area (Å²) in [5, 5.41) is 4.02. The molecule has 1 saturated carbocycles. The van der Waals surface area contributed by atoms with Gasteiger partial charge < -0.3 is 5.32 Å². The van der Waals surface area contributed by atoms with Gasteiger partial charge in [-0.25, -0.2) is 0 Å². The van der Waals surface area contributed by atoms with Gasteiger partial charge in [0.05, 0.1) is 0 Å². The number of hydrogen-bond acceptors (Lipinski definition) is 1. The molecule has 0 spiro atoms. The second-order valence-corrected chi connectivity index (χ2v) is 5.61. The molecule has 0 aromatic rings. The first kappa shape index (κ1) is 15.4. The van der Waals surface area contributed by atoms with Crippen LogP contribution < -0.4 is 5.32 Å². The van der Waals surface area contributed by atoms with Crippen molar-refractivity contribution in [3.05, 3.63) is 35.7 Å². The van der Waals surface area contributed by atoms with Gasteiger partial charge in [-0.15, -0.1) is 0 Å². The van der Waals surface area contributed by atoms with Crippen molar-refractivity contribution in [2.45, 2.75) is 52.4 Å². The summed E-state index contributed by atoms with van der Waals surface area (Å²) in [6, 6.07) is 0. The van der Waals surface area contributed by atoms with Crippen LogP contribution in [0.4, 0.5) is 0 Å². The van der Waals surface area contributed by atoms with Crippen LogP contribution in [0.2, 0.25) is 0 Å². The number of hydrogen-bond donors (Lipinski definition) is 1. The number of halogens is 1. The molecule has 102 valence electrons. The summed E-state index contributed by atoms with van der Waals surface area (Å²) in [5.41, 5.74) is 1.26. The lowest BCUT2D eigenvalue weighted by molar-refractivity contribution is 0.406. The summed E-state index contributed by atoms with van der Waals surface area (Å²) in [6.07, 6.45) is 13.6. The molecule has 0 saturated heterocycles.